The maximum atomic E-state index is 9.39. The summed E-state index contributed by atoms with van der Waals surface area (Å²) in [5.74, 6) is 2.41. The van der Waals surface area contributed by atoms with Gasteiger partial charge in [0.2, 0.25) is 5.82 Å². The fourth-order valence-corrected chi connectivity index (χ4v) is 4.40. The second-order valence-corrected chi connectivity index (χ2v) is 8.53. The number of methoxy groups -OCH3 is 1. The fraction of sp³-hybridized carbons (Fsp3) is 0.238. The molecule has 4 aromatic rings. The smallest absolute Gasteiger partial charge is 0.415 e. The average molecular weight is 518 g/mol. The number of hydrogen-bond donors (Lipinski definition) is 2. The summed E-state index contributed by atoms with van der Waals surface area (Å²) in [4.78, 5) is 14.1. The molecule has 11 heteroatoms. The largest absolute Gasteiger partial charge is 0.496 e. The van der Waals surface area contributed by atoms with Crippen molar-refractivity contribution in [2.75, 3.05) is 25.6 Å². The third-order valence-corrected chi connectivity index (χ3v) is 6.11. The van der Waals surface area contributed by atoms with Crippen LogP contribution in [-0.2, 0) is 6.42 Å². The highest BCUT2D eigenvalue weighted by Crippen LogP contribution is 2.41. The Kier molecular flexibility index (Phi) is 6.86. The van der Waals surface area contributed by atoms with Crippen molar-refractivity contribution in [3.63, 3.8) is 0 Å². The highest BCUT2D eigenvalue weighted by molar-refractivity contribution is 9.10. The predicted octanol–water partition coefficient (Wildman–Crippen LogP) is 4.79. The molecule has 3 heterocycles. The zero-order valence-corrected chi connectivity index (χ0v) is 19.7. The summed E-state index contributed by atoms with van der Waals surface area (Å²) in [5, 5.41) is 16.5. The molecule has 32 heavy (non-hydrogen) atoms. The van der Waals surface area contributed by atoms with Gasteiger partial charge in [-0.15, -0.1) is 11.3 Å². The van der Waals surface area contributed by atoms with E-state index in [1.54, 1.807) is 7.11 Å². The molecule has 166 valence electrons. The Balaban J connectivity index is 1.50. The predicted molar refractivity (Wildman–Crippen MR) is 124 cm³/mol. The summed E-state index contributed by atoms with van der Waals surface area (Å²) in [6.07, 6.45) is 1.79. The van der Waals surface area contributed by atoms with Gasteiger partial charge < -0.3 is 19.9 Å². The molecule has 0 aliphatic rings. The lowest BCUT2D eigenvalue weighted by molar-refractivity contribution is 0.267. The Morgan fingerprint density at radius 2 is 2.06 bits per heavy atom. The number of benzene rings is 1. The van der Waals surface area contributed by atoms with Gasteiger partial charge in [0.1, 0.15) is 28.5 Å². The van der Waals surface area contributed by atoms with Gasteiger partial charge in [0.05, 0.1) is 24.3 Å². The lowest BCUT2D eigenvalue weighted by atomic mass is 10.1. The maximum Gasteiger partial charge on any atom is 0.415 e. The van der Waals surface area contributed by atoms with Crippen molar-refractivity contribution < 1.29 is 19.1 Å². The molecule has 2 N–H and O–H groups in total. The van der Waals surface area contributed by atoms with E-state index in [1.165, 1.54) is 17.7 Å². The number of nitrogens with zero attached hydrogens (tertiary/aromatic N) is 4. The molecular formula is C21H20BrN5O4S. The zero-order valence-electron chi connectivity index (χ0n) is 17.3. The molecule has 0 aliphatic heterocycles. The highest BCUT2D eigenvalue weighted by Gasteiger charge is 2.19. The third kappa shape index (κ3) is 5.00. The average Bonchev–Trinajstić information content (AvgIpc) is 3.41. The number of ether oxygens (including phenoxy) is 2. The van der Waals surface area contributed by atoms with Crippen LogP contribution in [-0.4, -0.2) is 45.5 Å². The Morgan fingerprint density at radius 1 is 1.19 bits per heavy atom. The Bertz CT molecular complexity index is 1210. The summed E-state index contributed by atoms with van der Waals surface area (Å²) < 4.78 is 16.8. The molecule has 0 saturated carbocycles. The van der Waals surface area contributed by atoms with Crippen LogP contribution in [0.4, 0.5) is 5.82 Å². The number of hydrogen-bond acceptors (Lipinski definition) is 10. The van der Waals surface area contributed by atoms with Crippen LogP contribution in [0.2, 0.25) is 0 Å². The monoisotopic (exact) mass is 517 g/mol. The number of thiophene rings is 1. The molecule has 0 bridgehead atoms. The van der Waals surface area contributed by atoms with Gasteiger partial charge in [0.25, 0.3) is 0 Å². The number of nitrogens with one attached hydrogen (secondary N) is 1. The minimum atomic E-state index is -0.492. The topological polar surface area (TPSA) is 115 Å². The summed E-state index contributed by atoms with van der Waals surface area (Å²) in [7, 11) is 1.66. The first-order valence-electron chi connectivity index (χ1n) is 9.75. The highest BCUT2D eigenvalue weighted by atomic mass is 79.9. The van der Waals surface area contributed by atoms with Crippen LogP contribution >= 0.6 is 27.3 Å². The van der Waals surface area contributed by atoms with E-state index in [2.05, 4.69) is 45.9 Å². The minimum Gasteiger partial charge on any atom is -0.496 e. The van der Waals surface area contributed by atoms with Gasteiger partial charge in [-0.25, -0.2) is 9.97 Å². The summed E-state index contributed by atoms with van der Waals surface area (Å²) >= 11 is 4.85. The zero-order chi connectivity index (χ0) is 22.5. The fourth-order valence-electron chi connectivity index (χ4n) is 3.07. The first-order chi connectivity index (χ1) is 15.6. The van der Waals surface area contributed by atoms with Gasteiger partial charge in [0, 0.05) is 23.2 Å². The van der Waals surface area contributed by atoms with Crippen LogP contribution in [0.15, 0.2) is 45.7 Å². The van der Waals surface area contributed by atoms with Crippen molar-refractivity contribution in [2.24, 2.45) is 0 Å². The standard InChI is InChI=1S/C21H20BrN5O4S/c1-3-30-16-10-17(32-19(16)20-26-21(28)31-27-20)14-9-18(25-11-24-14)23-7-6-12-4-5-13(22)8-15(12)29-2/h4-5,8-11H,3,6-7H2,1-2H3,(H,23,24,25)(H,26,27,28). The van der Waals surface area contributed by atoms with Crippen molar-refractivity contribution in [2.45, 2.75) is 13.3 Å². The SMILES string of the molecule is CCOc1cc(-c2cc(NCCc3ccc(Br)cc3OC)ncn2)sc1-c1noc(O)n1. The van der Waals surface area contributed by atoms with Crippen LogP contribution in [0.25, 0.3) is 21.3 Å². The summed E-state index contributed by atoms with van der Waals surface area (Å²) in [6.45, 7) is 3.04. The van der Waals surface area contributed by atoms with Gasteiger partial charge >= 0.3 is 6.08 Å². The van der Waals surface area contributed by atoms with Gasteiger partial charge in [-0.3, -0.25) is 4.52 Å². The summed E-state index contributed by atoms with van der Waals surface area (Å²) in [6, 6.07) is 9.72. The number of aromatic hydroxyl groups is 1. The molecule has 0 aliphatic carbocycles. The minimum absolute atomic E-state index is 0.262. The van der Waals surface area contributed by atoms with Crippen molar-refractivity contribution in [3.05, 3.63) is 46.7 Å². The molecule has 0 radical (unpaired) electrons. The van der Waals surface area contributed by atoms with E-state index < -0.39 is 6.08 Å². The molecule has 4 rings (SSSR count). The first kappa shape index (κ1) is 22.0. The quantitative estimate of drug-likeness (QED) is 0.323. The van der Waals surface area contributed by atoms with Gasteiger partial charge in [0.15, 0.2) is 0 Å². The van der Waals surface area contributed by atoms with E-state index >= 15 is 0 Å². The number of aromatic nitrogens is 4. The maximum absolute atomic E-state index is 9.39. The summed E-state index contributed by atoms with van der Waals surface area (Å²) in [5.41, 5.74) is 1.83. The van der Waals surface area contributed by atoms with Gasteiger partial charge in [-0.2, -0.15) is 4.98 Å². The van der Waals surface area contributed by atoms with E-state index in [0.717, 1.165) is 32.8 Å². The van der Waals surface area contributed by atoms with Crippen molar-refractivity contribution in [1.82, 2.24) is 20.1 Å². The van der Waals surface area contributed by atoms with Crippen molar-refractivity contribution in [1.29, 1.82) is 0 Å². The van der Waals surface area contributed by atoms with Crippen LogP contribution in [0, 0.1) is 0 Å². The normalized spacial score (nSPS) is 10.8. The molecule has 1 aromatic carbocycles. The molecule has 0 amide bonds. The Morgan fingerprint density at radius 3 is 2.81 bits per heavy atom. The molecule has 0 atom stereocenters. The van der Waals surface area contributed by atoms with Crippen molar-refractivity contribution >= 4 is 33.1 Å². The van der Waals surface area contributed by atoms with Crippen LogP contribution in [0.3, 0.4) is 0 Å². The Labute approximate surface area is 196 Å². The molecule has 0 unspecified atom stereocenters. The number of rotatable bonds is 9. The lowest BCUT2D eigenvalue weighted by Gasteiger charge is -2.10. The number of halogens is 1. The third-order valence-electron chi connectivity index (χ3n) is 4.49. The van der Waals surface area contributed by atoms with E-state index in [0.29, 0.717) is 29.6 Å². The molecular weight excluding hydrogens is 498 g/mol. The van der Waals surface area contributed by atoms with Crippen LogP contribution in [0.5, 0.6) is 17.6 Å². The van der Waals surface area contributed by atoms with E-state index in [4.69, 9.17) is 9.47 Å². The van der Waals surface area contributed by atoms with Crippen LogP contribution < -0.4 is 14.8 Å². The first-order valence-corrected chi connectivity index (χ1v) is 11.4. The van der Waals surface area contributed by atoms with Crippen LogP contribution in [0.1, 0.15) is 12.5 Å². The van der Waals surface area contributed by atoms with Gasteiger partial charge in [-0.1, -0.05) is 27.2 Å². The molecule has 0 spiro atoms. The number of anilines is 1. The molecule has 0 fully saturated rings. The lowest BCUT2D eigenvalue weighted by Crippen LogP contribution is -2.07. The van der Waals surface area contributed by atoms with Gasteiger partial charge in [-0.05, 0) is 31.0 Å². The Hall–Kier alpha value is -3.18. The van der Waals surface area contributed by atoms with Crippen molar-refractivity contribution in [3.8, 4) is 38.8 Å². The van der Waals surface area contributed by atoms with E-state index in [-0.39, 0.29) is 5.82 Å². The van der Waals surface area contributed by atoms with E-state index in [1.807, 2.05) is 37.3 Å². The van der Waals surface area contributed by atoms with E-state index in [9.17, 15) is 5.11 Å². The second-order valence-electron chi connectivity index (χ2n) is 6.56. The second kappa shape index (κ2) is 9.96. The molecule has 9 nitrogen and oxygen atoms in total. The molecule has 0 saturated heterocycles. The molecule has 3 aromatic heterocycles.